The standard InChI is InChI=1S/C11H18O4/c1(2-5-13-7-11-9-15-11)4-12-6-3-10-8-14-10/h1-2,10-11H,3-9H2/b2-1+. The number of epoxide rings is 2. The first-order valence-electron chi connectivity index (χ1n) is 5.49. The van der Waals surface area contributed by atoms with Crippen LogP contribution in [0, 0.1) is 0 Å². The molecular formula is C11H18O4. The Kier molecular flexibility index (Phi) is 4.60. The lowest BCUT2D eigenvalue weighted by molar-refractivity contribution is 0.137. The third-order valence-corrected chi connectivity index (χ3v) is 2.29. The van der Waals surface area contributed by atoms with Gasteiger partial charge in [-0.25, -0.2) is 0 Å². The quantitative estimate of drug-likeness (QED) is 0.323. The summed E-state index contributed by atoms with van der Waals surface area (Å²) >= 11 is 0. The van der Waals surface area contributed by atoms with Crippen LogP contribution in [0.3, 0.4) is 0 Å². The van der Waals surface area contributed by atoms with Gasteiger partial charge in [-0.3, -0.25) is 0 Å². The number of ether oxygens (including phenoxy) is 4. The van der Waals surface area contributed by atoms with Crippen molar-refractivity contribution < 1.29 is 18.9 Å². The van der Waals surface area contributed by atoms with Gasteiger partial charge in [0.1, 0.15) is 6.10 Å². The summed E-state index contributed by atoms with van der Waals surface area (Å²) in [5.74, 6) is 0. The minimum absolute atomic E-state index is 0.355. The predicted octanol–water partition coefficient (Wildman–Crippen LogP) is 0.764. The van der Waals surface area contributed by atoms with Crippen LogP contribution in [0.1, 0.15) is 6.42 Å². The molecule has 2 atom stereocenters. The van der Waals surface area contributed by atoms with Crippen molar-refractivity contribution in [2.24, 2.45) is 0 Å². The van der Waals surface area contributed by atoms with E-state index in [0.717, 1.165) is 26.2 Å². The molecule has 0 spiro atoms. The third kappa shape index (κ3) is 5.89. The van der Waals surface area contributed by atoms with Crippen LogP contribution < -0.4 is 0 Å². The molecule has 0 aromatic carbocycles. The zero-order valence-corrected chi connectivity index (χ0v) is 8.89. The SMILES string of the molecule is C(=C\COCC1CO1)/COCCC1CO1. The zero-order chi connectivity index (χ0) is 10.3. The Morgan fingerprint density at radius 3 is 2.33 bits per heavy atom. The molecule has 2 rings (SSSR count). The van der Waals surface area contributed by atoms with Crippen LogP contribution >= 0.6 is 0 Å². The molecular weight excluding hydrogens is 196 g/mol. The molecule has 2 unspecified atom stereocenters. The first-order valence-corrected chi connectivity index (χ1v) is 5.49. The smallest absolute Gasteiger partial charge is 0.104 e. The Morgan fingerprint density at radius 1 is 1.00 bits per heavy atom. The highest BCUT2D eigenvalue weighted by molar-refractivity contribution is 4.81. The summed E-state index contributed by atoms with van der Waals surface area (Å²) in [6, 6.07) is 0. The second kappa shape index (κ2) is 6.23. The average molecular weight is 214 g/mol. The van der Waals surface area contributed by atoms with Crippen molar-refractivity contribution in [3.8, 4) is 0 Å². The van der Waals surface area contributed by atoms with E-state index in [1.54, 1.807) is 0 Å². The predicted molar refractivity (Wildman–Crippen MR) is 54.9 cm³/mol. The number of rotatable bonds is 9. The van der Waals surface area contributed by atoms with Crippen LogP contribution in [-0.2, 0) is 18.9 Å². The maximum absolute atomic E-state index is 5.38. The lowest BCUT2D eigenvalue weighted by Crippen LogP contribution is -2.01. The minimum atomic E-state index is 0.355. The van der Waals surface area contributed by atoms with E-state index in [9.17, 15) is 0 Å². The van der Waals surface area contributed by atoms with E-state index in [1.807, 2.05) is 12.2 Å². The van der Waals surface area contributed by atoms with Gasteiger partial charge in [0, 0.05) is 6.61 Å². The van der Waals surface area contributed by atoms with Gasteiger partial charge in [0.15, 0.2) is 0 Å². The van der Waals surface area contributed by atoms with Crippen LogP contribution in [-0.4, -0.2) is 51.8 Å². The minimum Gasteiger partial charge on any atom is -0.377 e. The summed E-state index contributed by atoms with van der Waals surface area (Å²) < 4.78 is 20.8. The van der Waals surface area contributed by atoms with Crippen LogP contribution in [0.4, 0.5) is 0 Å². The summed E-state index contributed by atoms with van der Waals surface area (Å²) in [7, 11) is 0. The molecule has 2 heterocycles. The molecule has 0 N–H and O–H groups in total. The summed E-state index contributed by atoms with van der Waals surface area (Å²) in [5, 5.41) is 0. The van der Waals surface area contributed by atoms with E-state index < -0.39 is 0 Å². The normalized spacial score (nSPS) is 28.5. The fraction of sp³-hybridized carbons (Fsp3) is 0.818. The Labute approximate surface area is 90.1 Å². The summed E-state index contributed by atoms with van der Waals surface area (Å²) in [6.45, 7) is 4.58. The highest BCUT2D eigenvalue weighted by atomic mass is 16.6. The van der Waals surface area contributed by atoms with Gasteiger partial charge in [-0.2, -0.15) is 0 Å². The van der Waals surface area contributed by atoms with Crippen LogP contribution in [0.25, 0.3) is 0 Å². The van der Waals surface area contributed by atoms with Crippen LogP contribution in [0.2, 0.25) is 0 Å². The van der Waals surface area contributed by atoms with Crippen molar-refractivity contribution in [3.63, 3.8) is 0 Å². The molecule has 2 aliphatic rings. The maximum atomic E-state index is 5.38. The Balaban J connectivity index is 1.31. The Hall–Kier alpha value is -0.420. The maximum Gasteiger partial charge on any atom is 0.104 e. The van der Waals surface area contributed by atoms with Gasteiger partial charge in [-0.1, -0.05) is 12.2 Å². The van der Waals surface area contributed by atoms with Crippen molar-refractivity contribution in [2.45, 2.75) is 18.6 Å². The summed E-state index contributed by atoms with van der Waals surface area (Å²) in [4.78, 5) is 0. The van der Waals surface area contributed by atoms with Crippen molar-refractivity contribution in [1.82, 2.24) is 0 Å². The number of hydrogen-bond acceptors (Lipinski definition) is 4. The first-order chi connectivity index (χ1) is 7.45. The fourth-order valence-corrected chi connectivity index (χ4v) is 1.17. The molecule has 4 heteroatoms. The molecule has 0 aliphatic carbocycles. The summed E-state index contributed by atoms with van der Waals surface area (Å²) in [6.07, 6.45) is 5.81. The lowest BCUT2D eigenvalue weighted by Gasteiger charge is -1.98. The fourth-order valence-electron chi connectivity index (χ4n) is 1.17. The van der Waals surface area contributed by atoms with Gasteiger partial charge in [0.2, 0.25) is 0 Å². The monoisotopic (exact) mass is 214 g/mol. The van der Waals surface area contributed by atoms with E-state index in [0.29, 0.717) is 32.0 Å². The lowest BCUT2D eigenvalue weighted by atomic mass is 10.3. The van der Waals surface area contributed by atoms with E-state index >= 15 is 0 Å². The van der Waals surface area contributed by atoms with Crippen molar-refractivity contribution in [3.05, 3.63) is 12.2 Å². The van der Waals surface area contributed by atoms with Crippen molar-refractivity contribution in [2.75, 3.05) is 39.6 Å². The van der Waals surface area contributed by atoms with Gasteiger partial charge in [0.05, 0.1) is 39.1 Å². The van der Waals surface area contributed by atoms with Gasteiger partial charge in [0.25, 0.3) is 0 Å². The molecule has 86 valence electrons. The molecule has 0 radical (unpaired) electrons. The summed E-state index contributed by atoms with van der Waals surface area (Å²) in [5.41, 5.74) is 0. The molecule has 2 saturated heterocycles. The first kappa shape index (κ1) is 11.1. The molecule has 4 nitrogen and oxygen atoms in total. The molecule has 0 aromatic rings. The van der Waals surface area contributed by atoms with Crippen LogP contribution in [0.15, 0.2) is 12.2 Å². The van der Waals surface area contributed by atoms with E-state index in [1.165, 1.54) is 0 Å². The molecule has 2 fully saturated rings. The van der Waals surface area contributed by atoms with E-state index in [4.69, 9.17) is 18.9 Å². The second-order valence-corrected chi connectivity index (χ2v) is 3.78. The molecule has 0 amide bonds. The molecule has 0 saturated carbocycles. The van der Waals surface area contributed by atoms with Crippen LogP contribution in [0.5, 0.6) is 0 Å². The third-order valence-electron chi connectivity index (χ3n) is 2.29. The van der Waals surface area contributed by atoms with E-state index in [-0.39, 0.29) is 0 Å². The number of hydrogen-bond donors (Lipinski definition) is 0. The second-order valence-electron chi connectivity index (χ2n) is 3.78. The topological polar surface area (TPSA) is 43.5 Å². The van der Waals surface area contributed by atoms with Gasteiger partial charge in [-0.15, -0.1) is 0 Å². The highest BCUT2D eigenvalue weighted by Gasteiger charge is 2.22. The van der Waals surface area contributed by atoms with Crippen molar-refractivity contribution >= 4 is 0 Å². The Morgan fingerprint density at radius 2 is 1.67 bits per heavy atom. The van der Waals surface area contributed by atoms with Gasteiger partial charge in [-0.05, 0) is 6.42 Å². The zero-order valence-electron chi connectivity index (χ0n) is 8.89. The average Bonchev–Trinajstić information content (AvgIpc) is 3.10. The van der Waals surface area contributed by atoms with Gasteiger partial charge < -0.3 is 18.9 Å². The van der Waals surface area contributed by atoms with Gasteiger partial charge >= 0.3 is 0 Å². The molecule has 0 aromatic heterocycles. The highest BCUT2D eigenvalue weighted by Crippen LogP contribution is 2.12. The molecule has 0 bridgehead atoms. The molecule has 2 aliphatic heterocycles. The largest absolute Gasteiger partial charge is 0.377 e. The molecule has 15 heavy (non-hydrogen) atoms. The van der Waals surface area contributed by atoms with Crippen molar-refractivity contribution in [1.29, 1.82) is 0 Å². The van der Waals surface area contributed by atoms with E-state index in [2.05, 4.69) is 0 Å². The Bertz CT molecular complexity index is 197.